The van der Waals surface area contributed by atoms with Crippen molar-refractivity contribution in [2.45, 2.75) is 20.3 Å². The molecule has 0 saturated carbocycles. The van der Waals surface area contributed by atoms with Crippen LogP contribution in [0.5, 0.6) is 0 Å². The Morgan fingerprint density at radius 1 is 1.09 bits per heavy atom. The summed E-state index contributed by atoms with van der Waals surface area (Å²) >= 11 is 0. The molecule has 0 unspecified atom stereocenters. The minimum atomic E-state index is -0.907. The van der Waals surface area contributed by atoms with Gasteiger partial charge in [0.2, 0.25) is 0 Å². The van der Waals surface area contributed by atoms with Gasteiger partial charge >= 0.3 is 5.97 Å². The van der Waals surface area contributed by atoms with Crippen molar-refractivity contribution in [2.24, 2.45) is 0 Å². The monoisotopic (exact) mass is 297 g/mol. The molecule has 114 valence electrons. The number of amides is 1. The highest BCUT2D eigenvalue weighted by atomic mass is 16.4. The van der Waals surface area contributed by atoms with Crippen LogP contribution < -0.4 is 5.32 Å². The number of aliphatic carboxylic acids is 1. The summed E-state index contributed by atoms with van der Waals surface area (Å²) in [7, 11) is 0. The van der Waals surface area contributed by atoms with Crippen LogP contribution in [-0.4, -0.2) is 23.5 Å². The molecule has 2 aromatic carbocycles. The van der Waals surface area contributed by atoms with Gasteiger partial charge in [-0.25, -0.2) is 0 Å². The van der Waals surface area contributed by atoms with Crippen LogP contribution in [0, 0.1) is 6.92 Å². The van der Waals surface area contributed by atoms with E-state index in [0.29, 0.717) is 23.2 Å². The summed E-state index contributed by atoms with van der Waals surface area (Å²) in [6.07, 6.45) is -0.0983. The van der Waals surface area contributed by atoms with E-state index >= 15 is 0 Å². The first-order chi connectivity index (χ1) is 10.5. The number of carboxylic acids is 1. The van der Waals surface area contributed by atoms with Crippen molar-refractivity contribution in [3.63, 3.8) is 0 Å². The summed E-state index contributed by atoms with van der Waals surface area (Å²) in [5.74, 6) is -1.08. The quantitative estimate of drug-likeness (QED) is 0.891. The highest BCUT2D eigenvalue weighted by molar-refractivity contribution is 5.97. The van der Waals surface area contributed by atoms with E-state index in [0.717, 1.165) is 11.1 Å². The predicted octanol–water partition coefficient (Wildman–Crippen LogP) is 3.04. The fourth-order valence-electron chi connectivity index (χ4n) is 2.41. The van der Waals surface area contributed by atoms with Gasteiger partial charge in [-0.2, -0.15) is 0 Å². The number of carbonyl (C=O) groups is 2. The van der Waals surface area contributed by atoms with Crippen molar-refractivity contribution < 1.29 is 14.7 Å². The molecule has 0 aliphatic carbocycles. The molecule has 22 heavy (non-hydrogen) atoms. The minimum Gasteiger partial charge on any atom is -0.481 e. The molecule has 0 aromatic heterocycles. The molecule has 0 aliphatic heterocycles. The summed E-state index contributed by atoms with van der Waals surface area (Å²) < 4.78 is 0. The van der Waals surface area contributed by atoms with Gasteiger partial charge in [0.1, 0.15) is 0 Å². The molecule has 0 saturated heterocycles. The minimum absolute atomic E-state index is 0.0983. The Kier molecular flexibility index (Phi) is 4.94. The average molecular weight is 297 g/mol. The summed E-state index contributed by atoms with van der Waals surface area (Å²) in [4.78, 5) is 23.3. The molecule has 0 heterocycles. The maximum Gasteiger partial charge on any atom is 0.307 e. The van der Waals surface area contributed by atoms with Crippen LogP contribution in [0.15, 0.2) is 42.5 Å². The fourth-order valence-corrected chi connectivity index (χ4v) is 2.41. The Balaban J connectivity index is 2.57. The van der Waals surface area contributed by atoms with Gasteiger partial charge in [0.15, 0.2) is 0 Å². The molecule has 0 atom stereocenters. The third-order valence-corrected chi connectivity index (χ3v) is 3.55. The van der Waals surface area contributed by atoms with Gasteiger partial charge in [-0.1, -0.05) is 36.4 Å². The second-order valence-electron chi connectivity index (χ2n) is 5.10. The summed E-state index contributed by atoms with van der Waals surface area (Å²) in [6.45, 7) is 4.17. The van der Waals surface area contributed by atoms with Crippen LogP contribution in [-0.2, 0) is 11.2 Å². The molecular weight excluding hydrogens is 278 g/mol. The SMILES string of the molecule is CCNC(=O)c1cc(-c2ccccc2)cc(CC(=O)O)c1C. The van der Waals surface area contributed by atoms with Gasteiger partial charge in [0.25, 0.3) is 5.91 Å². The van der Waals surface area contributed by atoms with Crippen LogP contribution in [0.3, 0.4) is 0 Å². The molecular formula is C18H19NO3. The van der Waals surface area contributed by atoms with Gasteiger partial charge in [-0.3, -0.25) is 9.59 Å². The molecule has 0 radical (unpaired) electrons. The lowest BCUT2D eigenvalue weighted by molar-refractivity contribution is -0.136. The molecule has 1 amide bonds. The first kappa shape index (κ1) is 15.8. The van der Waals surface area contributed by atoms with E-state index < -0.39 is 5.97 Å². The van der Waals surface area contributed by atoms with Crippen LogP contribution in [0.25, 0.3) is 11.1 Å². The molecule has 4 heteroatoms. The third-order valence-electron chi connectivity index (χ3n) is 3.55. The maximum atomic E-state index is 12.2. The zero-order valence-corrected chi connectivity index (χ0v) is 12.7. The van der Waals surface area contributed by atoms with E-state index in [4.69, 9.17) is 5.11 Å². The lowest BCUT2D eigenvalue weighted by Gasteiger charge is -2.13. The zero-order valence-electron chi connectivity index (χ0n) is 12.7. The highest BCUT2D eigenvalue weighted by Crippen LogP contribution is 2.26. The first-order valence-corrected chi connectivity index (χ1v) is 7.22. The maximum absolute atomic E-state index is 12.2. The molecule has 2 aromatic rings. The van der Waals surface area contributed by atoms with Gasteiger partial charge in [0, 0.05) is 12.1 Å². The number of rotatable bonds is 5. The van der Waals surface area contributed by atoms with Crippen LogP contribution in [0.2, 0.25) is 0 Å². The van der Waals surface area contributed by atoms with Crippen molar-refractivity contribution >= 4 is 11.9 Å². The molecule has 2 N–H and O–H groups in total. The molecule has 0 spiro atoms. The van der Waals surface area contributed by atoms with E-state index in [2.05, 4.69) is 5.32 Å². The van der Waals surface area contributed by atoms with Gasteiger partial charge in [-0.05, 0) is 42.2 Å². The van der Waals surface area contributed by atoms with Crippen LogP contribution in [0.1, 0.15) is 28.4 Å². The van der Waals surface area contributed by atoms with E-state index in [-0.39, 0.29) is 12.3 Å². The van der Waals surface area contributed by atoms with Crippen molar-refractivity contribution in [2.75, 3.05) is 6.54 Å². The predicted molar refractivity (Wildman–Crippen MR) is 86.0 cm³/mol. The van der Waals surface area contributed by atoms with Crippen molar-refractivity contribution in [3.8, 4) is 11.1 Å². The second-order valence-corrected chi connectivity index (χ2v) is 5.10. The number of carboxylic acid groups (broad SMARTS) is 1. The van der Waals surface area contributed by atoms with E-state index in [1.54, 1.807) is 6.92 Å². The zero-order chi connectivity index (χ0) is 16.1. The Bertz CT molecular complexity index is 693. The molecule has 0 bridgehead atoms. The second kappa shape index (κ2) is 6.89. The van der Waals surface area contributed by atoms with Crippen molar-refractivity contribution in [1.29, 1.82) is 0 Å². The van der Waals surface area contributed by atoms with Gasteiger partial charge in [-0.15, -0.1) is 0 Å². The summed E-state index contributed by atoms with van der Waals surface area (Å²) in [6, 6.07) is 13.3. The lowest BCUT2D eigenvalue weighted by Crippen LogP contribution is -2.24. The standard InChI is InChI=1S/C18H19NO3/c1-3-19-18(22)16-10-15(13-7-5-4-6-8-13)9-14(12(16)2)11-17(20)21/h4-10H,3,11H2,1-2H3,(H,19,22)(H,20,21). The Morgan fingerprint density at radius 3 is 2.36 bits per heavy atom. The average Bonchev–Trinajstić information content (AvgIpc) is 2.50. The Hall–Kier alpha value is -2.62. The first-order valence-electron chi connectivity index (χ1n) is 7.22. The number of benzene rings is 2. The molecule has 2 rings (SSSR count). The number of hydrogen-bond donors (Lipinski definition) is 2. The topological polar surface area (TPSA) is 66.4 Å². The van der Waals surface area contributed by atoms with E-state index in [9.17, 15) is 9.59 Å². The molecule has 0 fully saturated rings. The molecule has 4 nitrogen and oxygen atoms in total. The third kappa shape index (κ3) is 3.52. The number of carbonyl (C=O) groups excluding carboxylic acids is 1. The largest absolute Gasteiger partial charge is 0.481 e. The normalized spacial score (nSPS) is 10.3. The van der Waals surface area contributed by atoms with Gasteiger partial charge in [0.05, 0.1) is 6.42 Å². The summed E-state index contributed by atoms with van der Waals surface area (Å²) in [5, 5.41) is 11.9. The van der Waals surface area contributed by atoms with Crippen LogP contribution in [0.4, 0.5) is 0 Å². The highest BCUT2D eigenvalue weighted by Gasteiger charge is 2.15. The van der Waals surface area contributed by atoms with Crippen LogP contribution >= 0.6 is 0 Å². The van der Waals surface area contributed by atoms with E-state index in [1.807, 2.05) is 49.4 Å². The van der Waals surface area contributed by atoms with Crippen molar-refractivity contribution in [3.05, 3.63) is 59.2 Å². The van der Waals surface area contributed by atoms with Gasteiger partial charge < -0.3 is 10.4 Å². The fraction of sp³-hybridized carbons (Fsp3) is 0.222. The number of hydrogen-bond acceptors (Lipinski definition) is 2. The number of nitrogens with one attached hydrogen (secondary N) is 1. The van der Waals surface area contributed by atoms with Crippen molar-refractivity contribution in [1.82, 2.24) is 5.32 Å². The van der Waals surface area contributed by atoms with E-state index in [1.165, 1.54) is 0 Å². The lowest BCUT2D eigenvalue weighted by atomic mass is 9.93. The smallest absolute Gasteiger partial charge is 0.307 e. The Labute approximate surface area is 129 Å². The summed E-state index contributed by atoms with van der Waals surface area (Å²) in [5.41, 5.74) is 3.71. The Morgan fingerprint density at radius 2 is 1.77 bits per heavy atom. The molecule has 0 aliphatic rings.